The number of nitrogens with zero attached hydrogens (tertiary/aromatic N) is 2. The van der Waals surface area contributed by atoms with E-state index in [9.17, 15) is 0 Å². The SMILES string of the molecule is c1ccc(-c2ccccc2N(c2ccc3ccc4c5ccccc5ccc4c3c2)c2ccc(-n3c4ccccc4c4ccccc43)c3ccccc23)cc1. The highest BCUT2D eigenvalue weighted by atomic mass is 15.1. The first kappa shape index (κ1) is 30.5. The number of hydrogen-bond acceptors (Lipinski definition) is 1. The molecule has 0 spiro atoms. The molecule has 0 amide bonds. The van der Waals surface area contributed by atoms with Gasteiger partial charge in [0.05, 0.1) is 28.1 Å². The summed E-state index contributed by atoms with van der Waals surface area (Å²) >= 11 is 0. The molecule has 0 unspecified atom stereocenters. The van der Waals surface area contributed by atoms with Crippen LogP contribution in [0.2, 0.25) is 0 Å². The summed E-state index contributed by atoms with van der Waals surface area (Å²) in [5.41, 5.74) is 9.31. The van der Waals surface area contributed by atoms with Crippen molar-refractivity contribution in [3.05, 3.63) is 206 Å². The van der Waals surface area contributed by atoms with Crippen LogP contribution < -0.4 is 4.90 Å². The molecule has 0 bridgehead atoms. The molecule has 1 aromatic heterocycles. The maximum absolute atomic E-state index is 2.47. The van der Waals surface area contributed by atoms with E-state index in [1.54, 1.807) is 0 Å². The Balaban J connectivity index is 1.21. The van der Waals surface area contributed by atoms with Gasteiger partial charge in [-0.15, -0.1) is 0 Å². The van der Waals surface area contributed by atoms with Gasteiger partial charge in [-0.1, -0.05) is 164 Å². The summed E-state index contributed by atoms with van der Waals surface area (Å²) in [6.07, 6.45) is 0. The molecule has 0 aliphatic heterocycles. The van der Waals surface area contributed by atoms with E-state index >= 15 is 0 Å². The van der Waals surface area contributed by atoms with Crippen molar-refractivity contribution in [3.8, 4) is 16.8 Å². The molecule has 54 heavy (non-hydrogen) atoms. The third-order valence-electron chi connectivity index (χ3n) is 11.2. The van der Waals surface area contributed by atoms with E-state index in [1.807, 2.05) is 0 Å². The first-order valence-electron chi connectivity index (χ1n) is 18.6. The fourth-order valence-corrected chi connectivity index (χ4v) is 8.72. The Kier molecular flexibility index (Phi) is 6.90. The predicted molar refractivity (Wildman–Crippen MR) is 231 cm³/mol. The van der Waals surface area contributed by atoms with Crippen LogP contribution in [0.15, 0.2) is 206 Å². The molecule has 0 radical (unpaired) electrons. The van der Waals surface area contributed by atoms with Crippen molar-refractivity contribution in [1.82, 2.24) is 4.57 Å². The van der Waals surface area contributed by atoms with Gasteiger partial charge in [0.25, 0.3) is 0 Å². The number of anilines is 3. The monoisotopic (exact) mass is 686 g/mol. The van der Waals surface area contributed by atoms with Gasteiger partial charge < -0.3 is 9.47 Å². The Morgan fingerprint density at radius 1 is 0.315 bits per heavy atom. The molecule has 0 fully saturated rings. The van der Waals surface area contributed by atoms with Gasteiger partial charge in [0.15, 0.2) is 0 Å². The van der Waals surface area contributed by atoms with Gasteiger partial charge in [0.2, 0.25) is 0 Å². The normalized spacial score (nSPS) is 11.7. The van der Waals surface area contributed by atoms with E-state index in [4.69, 9.17) is 0 Å². The third-order valence-corrected chi connectivity index (χ3v) is 11.2. The highest BCUT2D eigenvalue weighted by molar-refractivity contribution is 6.18. The topological polar surface area (TPSA) is 8.17 Å². The van der Waals surface area contributed by atoms with Crippen molar-refractivity contribution in [2.75, 3.05) is 4.90 Å². The molecule has 2 nitrogen and oxygen atoms in total. The van der Waals surface area contributed by atoms with Crippen molar-refractivity contribution in [1.29, 1.82) is 0 Å². The fourth-order valence-electron chi connectivity index (χ4n) is 8.72. The number of benzene rings is 10. The highest BCUT2D eigenvalue weighted by Gasteiger charge is 2.22. The summed E-state index contributed by atoms with van der Waals surface area (Å²) < 4.78 is 2.44. The number of para-hydroxylation sites is 3. The van der Waals surface area contributed by atoms with Crippen molar-refractivity contribution in [3.63, 3.8) is 0 Å². The van der Waals surface area contributed by atoms with Crippen LogP contribution in [0.4, 0.5) is 17.1 Å². The summed E-state index contributed by atoms with van der Waals surface area (Å²) in [6.45, 7) is 0. The summed E-state index contributed by atoms with van der Waals surface area (Å²) in [4.78, 5) is 2.47. The van der Waals surface area contributed by atoms with Gasteiger partial charge in [-0.05, 0) is 80.3 Å². The van der Waals surface area contributed by atoms with E-state index in [2.05, 4.69) is 216 Å². The van der Waals surface area contributed by atoms with E-state index in [1.165, 1.54) is 81.7 Å². The van der Waals surface area contributed by atoms with E-state index < -0.39 is 0 Å². The lowest BCUT2D eigenvalue weighted by Gasteiger charge is -2.30. The molecule has 0 aliphatic carbocycles. The molecule has 11 rings (SSSR count). The van der Waals surface area contributed by atoms with E-state index in [-0.39, 0.29) is 0 Å². The van der Waals surface area contributed by atoms with Gasteiger partial charge in [-0.3, -0.25) is 0 Å². The Hall–Kier alpha value is -7.16. The summed E-state index contributed by atoms with van der Waals surface area (Å²) in [6, 6.07) is 75.4. The zero-order valence-electron chi connectivity index (χ0n) is 29.5. The number of hydrogen-bond donors (Lipinski definition) is 0. The lowest BCUT2D eigenvalue weighted by atomic mass is 9.96. The smallest absolute Gasteiger partial charge is 0.0542 e. The van der Waals surface area contributed by atoms with Gasteiger partial charge in [0, 0.05) is 32.8 Å². The number of fused-ring (bicyclic) bond motifs is 9. The molecule has 0 atom stereocenters. The van der Waals surface area contributed by atoms with Crippen LogP contribution in [0, 0.1) is 0 Å². The molecular weight excluding hydrogens is 653 g/mol. The van der Waals surface area contributed by atoms with Crippen molar-refractivity contribution in [2.24, 2.45) is 0 Å². The lowest BCUT2D eigenvalue weighted by Crippen LogP contribution is -2.12. The Morgan fingerprint density at radius 3 is 1.63 bits per heavy atom. The molecule has 0 aliphatic rings. The Labute approximate surface area is 313 Å². The maximum atomic E-state index is 2.47. The largest absolute Gasteiger partial charge is 0.309 e. The maximum Gasteiger partial charge on any atom is 0.0542 e. The predicted octanol–water partition coefficient (Wildman–Crippen LogP) is 14.5. The van der Waals surface area contributed by atoms with Gasteiger partial charge in [-0.25, -0.2) is 0 Å². The van der Waals surface area contributed by atoms with Crippen LogP contribution in [-0.4, -0.2) is 4.57 Å². The second-order valence-electron chi connectivity index (χ2n) is 14.1. The minimum atomic E-state index is 1.11. The first-order chi connectivity index (χ1) is 26.8. The minimum Gasteiger partial charge on any atom is -0.309 e. The molecule has 252 valence electrons. The quantitative estimate of drug-likeness (QED) is 0.164. The molecule has 0 saturated carbocycles. The Morgan fingerprint density at radius 2 is 0.870 bits per heavy atom. The zero-order chi connectivity index (χ0) is 35.6. The second kappa shape index (κ2) is 12.2. The van der Waals surface area contributed by atoms with Crippen molar-refractivity contribution in [2.45, 2.75) is 0 Å². The average molecular weight is 687 g/mol. The molecule has 2 heteroatoms. The lowest BCUT2D eigenvalue weighted by molar-refractivity contribution is 1.19. The van der Waals surface area contributed by atoms with E-state index in [0.717, 1.165) is 17.1 Å². The number of rotatable bonds is 5. The molecule has 0 N–H and O–H groups in total. The highest BCUT2D eigenvalue weighted by Crippen LogP contribution is 2.46. The molecule has 0 saturated heterocycles. The Bertz CT molecular complexity index is 3170. The zero-order valence-corrected chi connectivity index (χ0v) is 29.5. The van der Waals surface area contributed by atoms with Gasteiger partial charge >= 0.3 is 0 Å². The molecule has 1 heterocycles. The number of aromatic nitrogens is 1. The van der Waals surface area contributed by atoms with Crippen LogP contribution in [0.1, 0.15) is 0 Å². The molecule has 10 aromatic carbocycles. The fraction of sp³-hybridized carbons (Fsp3) is 0. The summed E-state index contributed by atoms with van der Waals surface area (Å²) in [5, 5.41) is 12.4. The van der Waals surface area contributed by atoms with Crippen LogP contribution in [0.3, 0.4) is 0 Å². The van der Waals surface area contributed by atoms with Crippen molar-refractivity contribution < 1.29 is 0 Å². The summed E-state index contributed by atoms with van der Waals surface area (Å²) in [5.74, 6) is 0. The summed E-state index contributed by atoms with van der Waals surface area (Å²) in [7, 11) is 0. The molecular formula is C52H34N2. The third kappa shape index (κ3) is 4.67. The average Bonchev–Trinajstić information content (AvgIpc) is 3.58. The van der Waals surface area contributed by atoms with Gasteiger partial charge in [0.1, 0.15) is 0 Å². The van der Waals surface area contributed by atoms with E-state index in [0.29, 0.717) is 0 Å². The first-order valence-corrected chi connectivity index (χ1v) is 18.6. The van der Waals surface area contributed by atoms with Crippen LogP contribution in [-0.2, 0) is 0 Å². The van der Waals surface area contributed by atoms with Gasteiger partial charge in [-0.2, -0.15) is 0 Å². The second-order valence-corrected chi connectivity index (χ2v) is 14.1. The molecule has 11 aromatic rings. The van der Waals surface area contributed by atoms with Crippen LogP contribution >= 0.6 is 0 Å². The van der Waals surface area contributed by atoms with Crippen LogP contribution in [0.5, 0.6) is 0 Å². The standard InChI is InChI=1S/C52H34N2/c1-2-14-35(15-3-1)40-18-8-11-23-48(40)53(38-29-26-37-28-30-41-39-17-5-4-16-36(39)27-31-42(41)47(37)34-38)51-32-33-52(46-20-7-6-19-45(46)51)54-49-24-12-9-21-43(49)44-22-10-13-25-50(44)54/h1-34H. The minimum absolute atomic E-state index is 1.11. The van der Waals surface area contributed by atoms with Crippen molar-refractivity contribution >= 4 is 82.0 Å². The van der Waals surface area contributed by atoms with Crippen LogP contribution in [0.25, 0.3) is 81.7 Å².